The number of amides is 1. The molecule has 1 aromatic carbocycles. The molecule has 90 valence electrons. The van der Waals surface area contributed by atoms with E-state index < -0.39 is 18.1 Å². The maximum Gasteiger partial charge on any atom is 0.220 e. The van der Waals surface area contributed by atoms with Gasteiger partial charge >= 0.3 is 0 Å². The molecule has 17 heavy (non-hydrogen) atoms. The normalized spacial score (nSPS) is 13.5. The van der Waals surface area contributed by atoms with Gasteiger partial charge in [0.2, 0.25) is 5.91 Å². The molecule has 0 spiro atoms. The van der Waals surface area contributed by atoms with E-state index in [-0.39, 0.29) is 6.42 Å². The minimum absolute atomic E-state index is 0.315. The standard InChI is InChI=1S/C10H12N4O3/c11-9(16)5-8(15)10(17)6-2-1-3-7(4-6)13-14-12/h1-4,8,10,15,17H,5H2,(H2,11,16). The number of nitrogens with two attached hydrogens (primary N) is 1. The molecule has 7 heteroatoms. The van der Waals surface area contributed by atoms with Crippen molar-refractivity contribution < 1.29 is 15.0 Å². The van der Waals surface area contributed by atoms with E-state index in [9.17, 15) is 15.0 Å². The van der Waals surface area contributed by atoms with Crippen molar-refractivity contribution in [3.05, 3.63) is 40.3 Å². The Morgan fingerprint density at radius 1 is 1.53 bits per heavy atom. The molecule has 0 aromatic heterocycles. The van der Waals surface area contributed by atoms with Crippen LogP contribution in [-0.4, -0.2) is 22.2 Å². The van der Waals surface area contributed by atoms with Gasteiger partial charge in [0, 0.05) is 10.6 Å². The smallest absolute Gasteiger partial charge is 0.220 e. The van der Waals surface area contributed by atoms with Crippen molar-refractivity contribution >= 4 is 11.6 Å². The van der Waals surface area contributed by atoms with E-state index in [0.29, 0.717) is 11.3 Å². The number of rotatable bonds is 5. The van der Waals surface area contributed by atoms with E-state index in [1.807, 2.05) is 0 Å². The van der Waals surface area contributed by atoms with Gasteiger partial charge in [0.15, 0.2) is 0 Å². The Morgan fingerprint density at radius 3 is 2.82 bits per heavy atom. The van der Waals surface area contributed by atoms with Gasteiger partial charge in [-0.25, -0.2) is 0 Å². The number of hydrogen-bond acceptors (Lipinski definition) is 4. The van der Waals surface area contributed by atoms with Gasteiger partial charge in [-0.05, 0) is 17.2 Å². The summed E-state index contributed by atoms with van der Waals surface area (Å²) in [6.07, 6.45) is -2.88. The fraction of sp³-hybridized carbons (Fsp3) is 0.300. The SMILES string of the molecule is [N-]=[N+]=Nc1cccc(C(O)C(O)CC(N)=O)c1. The summed E-state index contributed by atoms with van der Waals surface area (Å²) in [6, 6.07) is 6.09. The number of aliphatic hydroxyl groups is 2. The predicted octanol–water partition coefficient (Wildman–Crippen LogP) is 0.898. The predicted molar refractivity (Wildman–Crippen MR) is 60.0 cm³/mol. The average Bonchev–Trinajstić information content (AvgIpc) is 2.28. The van der Waals surface area contributed by atoms with E-state index in [0.717, 1.165) is 0 Å². The van der Waals surface area contributed by atoms with Crippen LogP contribution in [-0.2, 0) is 4.79 Å². The maximum absolute atomic E-state index is 10.6. The third-order valence-electron chi connectivity index (χ3n) is 2.15. The molecule has 0 aliphatic heterocycles. The van der Waals surface area contributed by atoms with Crippen LogP contribution in [0.4, 0.5) is 5.69 Å². The number of primary amides is 1. The van der Waals surface area contributed by atoms with Gasteiger partial charge in [0.1, 0.15) is 6.10 Å². The fourth-order valence-corrected chi connectivity index (χ4v) is 1.36. The van der Waals surface area contributed by atoms with Gasteiger partial charge in [-0.3, -0.25) is 4.79 Å². The van der Waals surface area contributed by atoms with Crippen molar-refractivity contribution in [2.24, 2.45) is 10.8 Å². The lowest BCUT2D eigenvalue weighted by molar-refractivity contribution is -0.121. The van der Waals surface area contributed by atoms with Crippen LogP contribution in [0.15, 0.2) is 29.4 Å². The lowest BCUT2D eigenvalue weighted by atomic mass is 10.0. The van der Waals surface area contributed by atoms with Crippen molar-refractivity contribution in [3.63, 3.8) is 0 Å². The molecule has 1 rings (SSSR count). The minimum atomic E-state index is -1.28. The third kappa shape index (κ3) is 3.76. The van der Waals surface area contributed by atoms with Crippen LogP contribution < -0.4 is 5.73 Å². The first kappa shape index (κ1) is 13.0. The van der Waals surface area contributed by atoms with Crippen molar-refractivity contribution in [1.82, 2.24) is 0 Å². The summed E-state index contributed by atoms with van der Waals surface area (Å²) < 4.78 is 0. The highest BCUT2D eigenvalue weighted by molar-refractivity contribution is 5.74. The van der Waals surface area contributed by atoms with Crippen molar-refractivity contribution in [2.45, 2.75) is 18.6 Å². The van der Waals surface area contributed by atoms with Crippen LogP contribution in [0, 0.1) is 0 Å². The maximum atomic E-state index is 10.6. The quantitative estimate of drug-likeness (QED) is 0.398. The summed E-state index contributed by atoms with van der Waals surface area (Å²) in [6.45, 7) is 0. The summed E-state index contributed by atoms with van der Waals surface area (Å²) >= 11 is 0. The van der Waals surface area contributed by atoms with Gasteiger partial charge < -0.3 is 15.9 Å². The topological polar surface area (TPSA) is 132 Å². The van der Waals surface area contributed by atoms with Crippen LogP contribution in [0.2, 0.25) is 0 Å². The Morgan fingerprint density at radius 2 is 2.24 bits per heavy atom. The van der Waals surface area contributed by atoms with Crippen molar-refractivity contribution in [1.29, 1.82) is 0 Å². The van der Waals surface area contributed by atoms with Crippen LogP contribution in [0.3, 0.4) is 0 Å². The molecule has 0 fully saturated rings. The first-order valence-electron chi connectivity index (χ1n) is 4.84. The second-order valence-corrected chi connectivity index (χ2v) is 3.47. The number of benzene rings is 1. The third-order valence-corrected chi connectivity index (χ3v) is 2.15. The number of carbonyl (C=O) groups is 1. The zero-order valence-electron chi connectivity index (χ0n) is 8.89. The lowest BCUT2D eigenvalue weighted by Gasteiger charge is -2.16. The van der Waals surface area contributed by atoms with Gasteiger partial charge in [0.25, 0.3) is 0 Å². The van der Waals surface area contributed by atoms with Crippen LogP contribution in [0.25, 0.3) is 10.4 Å². The molecule has 0 saturated carbocycles. The van der Waals surface area contributed by atoms with Crippen LogP contribution in [0.5, 0.6) is 0 Å². The second kappa shape index (κ2) is 5.86. The van der Waals surface area contributed by atoms with E-state index >= 15 is 0 Å². The first-order chi connectivity index (χ1) is 8.04. The Hall–Kier alpha value is -2.08. The zero-order valence-corrected chi connectivity index (χ0v) is 8.89. The molecular formula is C10H12N4O3. The van der Waals surface area contributed by atoms with E-state index in [2.05, 4.69) is 10.0 Å². The molecule has 0 heterocycles. The summed E-state index contributed by atoms with van der Waals surface area (Å²) in [5.41, 5.74) is 13.8. The molecule has 2 atom stereocenters. The Balaban J connectivity index is 2.87. The second-order valence-electron chi connectivity index (χ2n) is 3.47. The monoisotopic (exact) mass is 236 g/mol. The number of carbonyl (C=O) groups excluding carboxylic acids is 1. The zero-order chi connectivity index (χ0) is 12.8. The molecule has 7 nitrogen and oxygen atoms in total. The molecule has 0 saturated heterocycles. The Kier molecular flexibility index (Phi) is 4.47. The molecule has 1 aromatic rings. The largest absolute Gasteiger partial charge is 0.390 e. The molecular weight excluding hydrogens is 224 g/mol. The Labute approximate surface area is 97.1 Å². The van der Waals surface area contributed by atoms with E-state index in [1.165, 1.54) is 6.07 Å². The molecule has 2 unspecified atom stereocenters. The average molecular weight is 236 g/mol. The van der Waals surface area contributed by atoms with Gasteiger partial charge in [-0.1, -0.05) is 23.3 Å². The summed E-state index contributed by atoms with van der Waals surface area (Å²) in [4.78, 5) is 13.2. The van der Waals surface area contributed by atoms with E-state index in [4.69, 9.17) is 11.3 Å². The first-order valence-corrected chi connectivity index (χ1v) is 4.84. The van der Waals surface area contributed by atoms with Gasteiger partial charge in [0.05, 0.1) is 12.5 Å². The van der Waals surface area contributed by atoms with E-state index in [1.54, 1.807) is 18.2 Å². The molecule has 0 bridgehead atoms. The minimum Gasteiger partial charge on any atom is -0.390 e. The van der Waals surface area contributed by atoms with Crippen LogP contribution in [0.1, 0.15) is 18.1 Å². The molecule has 1 amide bonds. The summed E-state index contributed by atoms with van der Waals surface area (Å²) in [7, 11) is 0. The molecule has 0 aliphatic rings. The number of azide groups is 1. The highest BCUT2D eigenvalue weighted by atomic mass is 16.3. The fourth-order valence-electron chi connectivity index (χ4n) is 1.36. The molecule has 0 aliphatic carbocycles. The Bertz CT molecular complexity index is 457. The number of nitrogens with zero attached hydrogens (tertiary/aromatic N) is 3. The number of aliphatic hydroxyl groups excluding tert-OH is 2. The van der Waals surface area contributed by atoms with Gasteiger partial charge in [-0.15, -0.1) is 0 Å². The highest BCUT2D eigenvalue weighted by Gasteiger charge is 2.20. The summed E-state index contributed by atoms with van der Waals surface area (Å²) in [5.74, 6) is -0.706. The molecule has 4 N–H and O–H groups in total. The van der Waals surface area contributed by atoms with Crippen LogP contribution >= 0.6 is 0 Å². The lowest BCUT2D eigenvalue weighted by Crippen LogP contribution is -2.25. The number of hydrogen-bond donors (Lipinski definition) is 3. The highest BCUT2D eigenvalue weighted by Crippen LogP contribution is 2.23. The molecule has 0 radical (unpaired) electrons. The van der Waals surface area contributed by atoms with Crippen molar-refractivity contribution in [2.75, 3.05) is 0 Å². The van der Waals surface area contributed by atoms with Crippen molar-refractivity contribution in [3.8, 4) is 0 Å². The van der Waals surface area contributed by atoms with Gasteiger partial charge in [-0.2, -0.15) is 0 Å². The summed E-state index contributed by atoms with van der Waals surface area (Å²) in [5, 5.41) is 22.6.